The molecule has 0 aromatic rings. The van der Waals surface area contributed by atoms with Crippen LogP contribution in [0.15, 0.2) is 0 Å². The van der Waals surface area contributed by atoms with Crippen molar-refractivity contribution in [2.75, 3.05) is 0 Å². The zero-order valence-electron chi connectivity index (χ0n) is 17.7. The van der Waals surface area contributed by atoms with Crippen molar-refractivity contribution in [2.45, 2.75) is 36.6 Å². The Morgan fingerprint density at radius 1 is 0.395 bits per heavy atom. The van der Waals surface area contributed by atoms with Crippen LogP contribution in [0.2, 0.25) is 0 Å². The van der Waals surface area contributed by atoms with Gasteiger partial charge in [0.15, 0.2) is 0 Å². The molecule has 0 bridgehead atoms. The van der Waals surface area contributed by atoms with Gasteiger partial charge in [0.2, 0.25) is 0 Å². The number of hydrogen-bond donors (Lipinski definition) is 8. The molecule has 1 aliphatic rings. The van der Waals surface area contributed by atoms with Gasteiger partial charge in [-0.15, -0.1) is 0 Å². The first kappa shape index (κ1) is 42.8. The van der Waals surface area contributed by atoms with Crippen LogP contribution in [0.1, 0.15) is 0 Å². The third kappa shape index (κ3) is 17.1. The molecule has 8 N–H and O–H groups in total. The molecular formula is C6H14CaMgO24P6. The van der Waals surface area contributed by atoms with Crippen LogP contribution in [0, 0.1) is 0 Å². The predicted octanol–water partition coefficient (Wildman–Crippen LogP) is -6.42. The number of hydrogen-bond acceptors (Lipinski definition) is 16. The Morgan fingerprint density at radius 2 is 0.526 bits per heavy atom. The van der Waals surface area contributed by atoms with Crippen LogP contribution in [-0.4, -0.2) is 137 Å². The third-order valence-electron chi connectivity index (χ3n) is 3.48. The summed E-state index contributed by atoms with van der Waals surface area (Å²) in [5, 5.41) is 0. The summed E-state index contributed by atoms with van der Waals surface area (Å²) in [4.78, 5) is 117. The Balaban J connectivity index is 0. The van der Waals surface area contributed by atoms with E-state index in [1.54, 1.807) is 0 Å². The van der Waals surface area contributed by atoms with E-state index >= 15 is 0 Å². The molecule has 32 heteroatoms. The fourth-order valence-electron chi connectivity index (χ4n) is 2.77. The second-order valence-corrected chi connectivity index (χ2v) is 13.3. The molecule has 1 saturated carbocycles. The monoisotopic (exact) mass is 720 g/mol. The van der Waals surface area contributed by atoms with E-state index in [1.807, 2.05) is 0 Å². The first-order chi connectivity index (χ1) is 15.6. The van der Waals surface area contributed by atoms with E-state index in [-0.39, 0.29) is 60.8 Å². The van der Waals surface area contributed by atoms with E-state index in [2.05, 4.69) is 27.1 Å². The van der Waals surface area contributed by atoms with Gasteiger partial charge in [-0.3, -0.25) is 27.3 Å². The minimum absolute atomic E-state index is 0. The summed E-state index contributed by atoms with van der Waals surface area (Å²) in [5.41, 5.74) is 0. The van der Waals surface area contributed by atoms with Crippen LogP contribution in [0.5, 0.6) is 0 Å². The van der Waals surface area contributed by atoms with E-state index in [9.17, 15) is 47.0 Å². The van der Waals surface area contributed by atoms with E-state index < -0.39 is 83.6 Å². The van der Waals surface area contributed by atoms with E-state index in [1.165, 1.54) is 0 Å². The van der Waals surface area contributed by atoms with Gasteiger partial charge in [0.1, 0.15) is 36.6 Å². The summed E-state index contributed by atoms with van der Waals surface area (Å²) in [6.45, 7) is 0. The predicted molar refractivity (Wildman–Crippen MR) is 104 cm³/mol. The zero-order chi connectivity index (χ0) is 28.7. The fourth-order valence-corrected chi connectivity index (χ4v) is 6.08. The van der Waals surface area contributed by atoms with Gasteiger partial charge >= 0.3 is 76.4 Å². The second kappa shape index (κ2) is 15.1. The van der Waals surface area contributed by atoms with Gasteiger partial charge in [-0.25, -0.2) is 9.13 Å². The van der Waals surface area contributed by atoms with Crippen molar-refractivity contribution in [3.8, 4) is 0 Å². The van der Waals surface area contributed by atoms with Crippen LogP contribution in [0.3, 0.4) is 0 Å². The quantitative estimate of drug-likeness (QED) is 0.0686. The smallest absolute Gasteiger partial charge is 0.756 e. The van der Waals surface area contributed by atoms with Crippen molar-refractivity contribution in [2.24, 2.45) is 0 Å². The fraction of sp³-hybridized carbons (Fsp3) is 1.00. The molecule has 0 aromatic carbocycles. The number of phosphoric ester groups is 6. The molecule has 0 heterocycles. The van der Waals surface area contributed by atoms with Gasteiger partial charge in [0, 0.05) is 0 Å². The number of rotatable bonds is 12. The molecule has 0 aliphatic heterocycles. The molecule has 216 valence electrons. The Bertz CT molecular complexity index is 831. The van der Waals surface area contributed by atoms with Crippen molar-refractivity contribution in [3.05, 3.63) is 0 Å². The summed E-state index contributed by atoms with van der Waals surface area (Å²) >= 11 is 0. The first-order valence-electron chi connectivity index (χ1n) is 7.94. The van der Waals surface area contributed by atoms with Gasteiger partial charge in [0.25, 0.3) is 31.3 Å². The Kier molecular flexibility index (Phi) is 17.0. The first-order valence-corrected chi connectivity index (χ1v) is 17.0. The Hall–Kier alpha value is 2.69. The van der Waals surface area contributed by atoms with Crippen LogP contribution >= 0.6 is 46.9 Å². The van der Waals surface area contributed by atoms with Gasteiger partial charge in [-0.1, -0.05) is 0 Å². The van der Waals surface area contributed by atoms with Gasteiger partial charge in [-0.05, 0) is 0 Å². The van der Waals surface area contributed by atoms with Gasteiger partial charge in [-0.2, -0.15) is 0 Å². The molecule has 10 atom stereocenters. The molecule has 1 aliphatic carbocycles. The normalized spacial score (nSPS) is 32.8. The molecule has 0 aromatic heterocycles. The standard InChI is InChI=1S/C6H18O24P6.Ca.Mg/c7-31(8,9)25-1-2(26-32(10,11)12)4(28-34(16,17)18)6(30-36(22,23)24)5(29-35(19,20)21)3(1)27-33(13,14)15;;/h1-6H,(H2,7,8,9)(H2,10,11,12)(H2,13,14,15)(H2,16,17,18)(H2,19,20,21)(H2,22,23,24);;/q;2*+2/p-4/t1-,2-,3-,4+,5-,6-;;. The Morgan fingerprint density at radius 3 is 0.632 bits per heavy atom. The zero-order valence-corrected chi connectivity index (χ0v) is 26.7. The summed E-state index contributed by atoms with van der Waals surface area (Å²) in [6.07, 6.45) is -19.7. The average molecular weight is 720 g/mol. The SMILES string of the molecule is O=P([O-])(O)O[C@H]1[C@H](OP(=O)([O-])O)[C@H](OP(=O)([O-])O)[C@H](OP(=O)(O)O)[C@@H](OP(=O)(O)O)[C@@H]1OP(=O)([O-])O.[Ca+2].[Mg+2]. The van der Waals surface area contributed by atoms with Crippen molar-refractivity contribution in [3.63, 3.8) is 0 Å². The van der Waals surface area contributed by atoms with Gasteiger partial charge in [0.05, 0.1) is 0 Å². The number of phosphoric acid groups is 6. The molecule has 0 saturated heterocycles. The largest absolute Gasteiger partial charge is 2.00 e. The molecule has 38 heavy (non-hydrogen) atoms. The topological polar surface area (TPSA) is 412 Å². The van der Waals surface area contributed by atoms with Crippen LogP contribution in [0.25, 0.3) is 0 Å². The van der Waals surface area contributed by atoms with Crippen LogP contribution < -0.4 is 19.6 Å². The molecule has 0 amide bonds. The maximum Gasteiger partial charge on any atom is 2.00 e. The van der Waals surface area contributed by atoms with Crippen LogP contribution in [0.4, 0.5) is 0 Å². The summed E-state index contributed by atoms with van der Waals surface area (Å²) < 4.78 is 91.5. The molecule has 1 rings (SSSR count). The molecule has 1 fully saturated rings. The third-order valence-corrected chi connectivity index (χ3v) is 6.56. The molecule has 0 spiro atoms. The summed E-state index contributed by atoms with van der Waals surface area (Å²) in [5.74, 6) is 0. The van der Waals surface area contributed by atoms with Crippen molar-refractivity contribution < 1.29 is 113 Å². The summed E-state index contributed by atoms with van der Waals surface area (Å²) in [7, 11) is -37.4. The van der Waals surface area contributed by atoms with E-state index in [4.69, 9.17) is 39.1 Å². The average Bonchev–Trinajstić information content (AvgIpc) is 2.51. The van der Waals surface area contributed by atoms with E-state index in [0.29, 0.717) is 0 Å². The van der Waals surface area contributed by atoms with Crippen LogP contribution in [-0.2, 0) is 54.5 Å². The molecule has 0 radical (unpaired) electrons. The van der Waals surface area contributed by atoms with Crippen molar-refractivity contribution >= 4 is 108 Å². The van der Waals surface area contributed by atoms with Crippen molar-refractivity contribution in [1.29, 1.82) is 0 Å². The summed E-state index contributed by atoms with van der Waals surface area (Å²) in [6, 6.07) is 0. The molecule has 4 unspecified atom stereocenters. The maximum atomic E-state index is 11.4. The minimum atomic E-state index is -6.32. The van der Waals surface area contributed by atoms with E-state index in [0.717, 1.165) is 0 Å². The maximum absolute atomic E-state index is 11.4. The Labute approximate surface area is 255 Å². The molecule has 24 nitrogen and oxygen atoms in total. The molecular weight excluding hydrogens is 706 g/mol. The second-order valence-electron chi connectivity index (χ2n) is 6.28. The van der Waals surface area contributed by atoms with Gasteiger partial charge < -0.3 is 76.8 Å². The van der Waals surface area contributed by atoms with Crippen molar-refractivity contribution in [1.82, 2.24) is 0 Å². The minimum Gasteiger partial charge on any atom is -0.756 e.